The topological polar surface area (TPSA) is 93.3 Å². The van der Waals surface area contributed by atoms with Gasteiger partial charge in [0.2, 0.25) is 0 Å². The number of benzene rings is 1. The maximum atomic E-state index is 12.0. The number of aryl methyl sites for hydroxylation is 1. The van der Waals surface area contributed by atoms with E-state index in [2.05, 4.69) is 25.4 Å². The first-order chi connectivity index (χ1) is 14.1. The first kappa shape index (κ1) is 20.6. The number of para-hydroxylation sites is 2. The van der Waals surface area contributed by atoms with Crippen LogP contribution in [0.15, 0.2) is 46.0 Å². The Labute approximate surface area is 171 Å². The lowest BCUT2D eigenvalue weighted by Gasteiger charge is -2.37. The number of hydrogen-bond donors (Lipinski definition) is 3. The Morgan fingerprint density at radius 3 is 2.52 bits per heavy atom. The minimum Gasteiger partial charge on any atom is -0.506 e. The van der Waals surface area contributed by atoms with Crippen molar-refractivity contribution < 1.29 is 14.3 Å². The average molecular weight is 399 g/mol. The molecular weight excluding hydrogens is 370 g/mol. The highest BCUT2D eigenvalue weighted by atomic mass is 16.3. The monoisotopic (exact) mass is 399 g/mol. The number of furan rings is 1. The molecule has 0 saturated carbocycles. The quantitative estimate of drug-likeness (QED) is 0.390. The van der Waals surface area contributed by atoms with Crippen LogP contribution in [0, 0.1) is 6.92 Å². The standard InChI is InChI=1S/C21H29N5O3/c1-16-8-15-29-19(16)20(28)23-9-5-10-24-21(22-2)26-13-11-25(12-14-26)17-6-3-4-7-18(17)27/h3-4,6-8,15,27H,5,9-14H2,1-2H3,(H,22,24)(H,23,28). The van der Waals surface area contributed by atoms with Crippen molar-refractivity contribution in [1.82, 2.24) is 15.5 Å². The van der Waals surface area contributed by atoms with Gasteiger partial charge in [0.25, 0.3) is 5.91 Å². The summed E-state index contributed by atoms with van der Waals surface area (Å²) in [6.07, 6.45) is 2.30. The molecule has 2 heterocycles. The molecule has 8 heteroatoms. The Balaban J connectivity index is 1.38. The van der Waals surface area contributed by atoms with Crippen LogP contribution in [-0.2, 0) is 0 Å². The fraction of sp³-hybridized carbons (Fsp3) is 0.429. The number of carbonyl (C=O) groups excluding carboxylic acids is 1. The van der Waals surface area contributed by atoms with Gasteiger partial charge < -0.3 is 30.0 Å². The third kappa shape index (κ3) is 5.22. The molecule has 1 saturated heterocycles. The molecule has 1 fully saturated rings. The zero-order valence-corrected chi connectivity index (χ0v) is 17.0. The molecule has 1 aliphatic rings. The third-order valence-electron chi connectivity index (χ3n) is 5.00. The predicted molar refractivity (Wildman–Crippen MR) is 114 cm³/mol. The zero-order chi connectivity index (χ0) is 20.6. The second-order valence-corrected chi connectivity index (χ2v) is 6.98. The highest BCUT2D eigenvalue weighted by Crippen LogP contribution is 2.27. The van der Waals surface area contributed by atoms with Crippen LogP contribution in [0.2, 0.25) is 0 Å². The first-order valence-corrected chi connectivity index (χ1v) is 9.91. The summed E-state index contributed by atoms with van der Waals surface area (Å²) in [6.45, 7) is 6.40. The molecule has 1 amide bonds. The van der Waals surface area contributed by atoms with Crippen LogP contribution in [0.25, 0.3) is 0 Å². The SMILES string of the molecule is CN=C(NCCCNC(=O)c1occc1C)N1CCN(c2ccccc2O)CC1. The Morgan fingerprint density at radius 1 is 1.14 bits per heavy atom. The van der Waals surface area contributed by atoms with Crippen molar-refractivity contribution in [3.63, 3.8) is 0 Å². The van der Waals surface area contributed by atoms with Crippen molar-refractivity contribution in [3.8, 4) is 5.75 Å². The number of guanidine groups is 1. The van der Waals surface area contributed by atoms with Crippen LogP contribution in [-0.4, -0.2) is 68.2 Å². The van der Waals surface area contributed by atoms with E-state index in [1.165, 1.54) is 6.26 Å². The fourth-order valence-corrected chi connectivity index (χ4v) is 3.40. The van der Waals surface area contributed by atoms with E-state index in [9.17, 15) is 9.90 Å². The minimum absolute atomic E-state index is 0.183. The molecule has 1 aliphatic heterocycles. The van der Waals surface area contributed by atoms with Gasteiger partial charge in [0.05, 0.1) is 12.0 Å². The van der Waals surface area contributed by atoms with Gasteiger partial charge in [-0.25, -0.2) is 0 Å². The van der Waals surface area contributed by atoms with Gasteiger partial charge >= 0.3 is 0 Å². The number of phenolic OH excluding ortho intramolecular Hbond substituents is 1. The lowest BCUT2D eigenvalue weighted by atomic mass is 10.2. The van der Waals surface area contributed by atoms with Crippen LogP contribution in [0.1, 0.15) is 22.5 Å². The maximum absolute atomic E-state index is 12.0. The predicted octanol–water partition coefficient (Wildman–Crippen LogP) is 1.81. The summed E-state index contributed by atoms with van der Waals surface area (Å²) >= 11 is 0. The molecule has 3 rings (SSSR count). The Bertz CT molecular complexity index is 840. The average Bonchev–Trinajstić information content (AvgIpc) is 3.17. The summed E-state index contributed by atoms with van der Waals surface area (Å²) in [5.41, 5.74) is 1.71. The van der Waals surface area contributed by atoms with E-state index in [0.717, 1.165) is 49.8 Å². The number of carbonyl (C=O) groups is 1. The number of aliphatic imine (C=N–C) groups is 1. The molecule has 0 atom stereocenters. The highest BCUT2D eigenvalue weighted by molar-refractivity contribution is 5.92. The number of nitrogens with zero attached hydrogens (tertiary/aromatic N) is 3. The largest absolute Gasteiger partial charge is 0.506 e. The second kappa shape index (κ2) is 9.86. The minimum atomic E-state index is -0.183. The van der Waals surface area contributed by atoms with E-state index in [-0.39, 0.29) is 5.91 Å². The van der Waals surface area contributed by atoms with E-state index in [1.807, 2.05) is 25.1 Å². The van der Waals surface area contributed by atoms with Gasteiger partial charge in [-0.15, -0.1) is 0 Å². The Kier molecular flexibility index (Phi) is 6.99. The zero-order valence-electron chi connectivity index (χ0n) is 17.0. The van der Waals surface area contributed by atoms with Gasteiger partial charge in [0.15, 0.2) is 11.7 Å². The number of amides is 1. The van der Waals surface area contributed by atoms with Crippen molar-refractivity contribution in [2.75, 3.05) is 51.2 Å². The summed E-state index contributed by atoms with van der Waals surface area (Å²) in [5.74, 6) is 1.36. The lowest BCUT2D eigenvalue weighted by Crippen LogP contribution is -2.52. The Morgan fingerprint density at radius 2 is 1.86 bits per heavy atom. The van der Waals surface area contributed by atoms with E-state index < -0.39 is 0 Å². The number of anilines is 1. The van der Waals surface area contributed by atoms with Crippen LogP contribution >= 0.6 is 0 Å². The molecule has 0 unspecified atom stereocenters. The number of aromatic hydroxyl groups is 1. The van der Waals surface area contributed by atoms with Gasteiger partial charge in [-0.3, -0.25) is 9.79 Å². The van der Waals surface area contributed by atoms with Gasteiger partial charge in [-0.2, -0.15) is 0 Å². The summed E-state index contributed by atoms with van der Waals surface area (Å²) < 4.78 is 5.19. The summed E-state index contributed by atoms with van der Waals surface area (Å²) in [6, 6.07) is 9.21. The third-order valence-corrected chi connectivity index (χ3v) is 5.00. The normalized spacial score (nSPS) is 14.8. The molecule has 0 radical (unpaired) electrons. The molecule has 29 heavy (non-hydrogen) atoms. The number of hydrogen-bond acceptors (Lipinski definition) is 5. The van der Waals surface area contributed by atoms with Crippen molar-refractivity contribution >= 4 is 17.6 Å². The van der Waals surface area contributed by atoms with Crippen LogP contribution in [0.4, 0.5) is 5.69 Å². The Hall–Kier alpha value is -3.16. The molecule has 1 aromatic heterocycles. The fourth-order valence-electron chi connectivity index (χ4n) is 3.40. The van der Waals surface area contributed by atoms with Crippen molar-refractivity contribution in [1.29, 1.82) is 0 Å². The smallest absolute Gasteiger partial charge is 0.287 e. The molecule has 0 aliphatic carbocycles. The number of piperazine rings is 1. The molecule has 1 aromatic carbocycles. The highest BCUT2D eigenvalue weighted by Gasteiger charge is 2.21. The van der Waals surface area contributed by atoms with Crippen molar-refractivity contribution in [2.45, 2.75) is 13.3 Å². The number of rotatable bonds is 6. The number of phenols is 1. The summed E-state index contributed by atoms with van der Waals surface area (Å²) in [7, 11) is 1.78. The summed E-state index contributed by atoms with van der Waals surface area (Å²) in [5, 5.41) is 16.3. The van der Waals surface area contributed by atoms with Crippen LogP contribution in [0.3, 0.4) is 0 Å². The van der Waals surface area contributed by atoms with E-state index in [0.29, 0.717) is 24.6 Å². The maximum Gasteiger partial charge on any atom is 0.287 e. The first-order valence-electron chi connectivity index (χ1n) is 9.91. The molecule has 0 bridgehead atoms. The molecule has 3 N–H and O–H groups in total. The van der Waals surface area contributed by atoms with Crippen molar-refractivity contribution in [2.24, 2.45) is 4.99 Å². The molecule has 8 nitrogen and oxygen atoms in total. The van der Waals surface area contributed by atoms with Crippen LogP contribution in [0.5, 0.6) is 5.75 Å². The van der Waals surface area contributed by atoms with Crippen LogP contribution < -0.4 is 15.5 Å². The van der Waals surface area contributed by atoms with E-state index >= 15 is 0 Å². The molecule has 156 valence electrons. The molecule has 0 spiro atoms. The van der Waals surface area contributed by atoms with Gasteiger partial charge in [0, 0.05) is 51.9 Å². The van der Waals surface area contributed by atoms with Gasteiger partial charge in [-0.05, 0) is 31.5 Å². The van der Waals surface area contributed by atoms with E-state index in [1.54, 1.807) is 19.2 Å². The van der Waals surface area contributed by atoms with Gasteiger partial charge in [-0.1, -0.05) is 12.1 Å². The number of nitrogens with one attached hydrogen (secondary N) is 2. The molecule has 2 aromatic rings. The summed E-state index contributed by atoms with van der Waals surface area (Å²) in [4.78, 5) is 20.8. The lowest BCUT2D eigenvalue weighted by molar-refractivity contribution is 0.0925. The molecular formula is C21H29N5O3. The van der Waals surface area contributed by atoms with E-state index in [4.69, 9.17) is 4.42 Å². The van der Waals surface area contributed by atoms with Gasteiger partial charge in [0.1, 0.15) is 5.75 Å². The second-order valence-electron chi connectivity index (χ2n) is 6.98. The van der Waals surface area contributed by atoms with Crippen molar-refractivity contribution in [3.05, 3.63) is 47.9 Å².